The summed E-state index contributed by atoms with van der Waals surface area (Å²) in [5.41, 5.74) is 3.33. The van der Waals surface area contributed by atoms with Crippen molar-refractivity contribution in [2.75, 3.05) is 7.11 Å². The molecule has 0 bridgehead atoms. The first-order chi connectivity index (χ1) is 14.9. The van der Waals surface area contributed by atoms with Crippen LogP contribution in [0.15, 0.2) is 53.7 Å². The van der Waals surface area contributed by atoms with Crippen LogP contribution in [0.2, 0.25) is 5.02 Å². The zero-order valence-electron chi connectivity index (χ0n) is 17.9. The maximum absolute atomic E-state index is 13.3. The molecule has 0 spiro atoms. The van der Waals surface area contributed by atoms with E-state index in [1.165, 1.54) is 0 Å². The van der Waals surface area contributed by atoms with E-state index >= 15 is 0 Å². The Labute approximate surface area is 187 Å². The third kappa shape index (κ3) is 4.47. The molecule has 0 radical (unpaired) electrons. The van der Waals surface area contributed by atoms with E-state index < -0.39 is 0 Å². The maximum Gasteiger partial charge on any atom is 0.225 e. The summed E-state index contributed by atoms with van der Waals surface area (Å²) in [5.74, 6) is 1.02. The topological polar surface area (TPSA) is 64.6 Å². The van der Waals surface area contributed by atoms with Crippen molar-refractivity contribution in [3.05, 3.63) is 69.9 Å². The van der Waals surface area contributed by atoms with Crippen molar-refractivity contribution in [1.29, 1.82) is 0 Å². The minimum absolute atomic E-state index is 0.0320. The summed E-state index contributed by atoms with van der Waals surface area (Å²) in [7, 11) is 1.61. The Bertz CT molecular complexity index is 1060. The second-order valence-electron chi connectivity index (χ2n) is 8.36. The number of hydrogen-bond donors (Lipinski definition) is 1. The summed E-state index contributed by atoms with van der Waals surface area (Å²) < 4.78 is 11.3. The Kier molecular flexibility index (Phi) is 6.05. The van der Waals surface area contributed by atoms with Gasteiger partial charge in [0.15, 0.2) is 17.3 Å². The minimum atomic E-state index is -0.257. The average Bonchev–Trinajstić information content (AvgIpc) is 2.72. The fraction of sp³-hybridized carbons (Fsp3) is 0.360. The molecule has 5 nitrogen and oxygen atoms in total. The van der Waals surface area contributed by atoms with Gasteiger partial charge in [-0.15, -0.1) is 0 Å². The lowest BCUT2D eigenvalue weighted by molar-refractivity contribution is -0.122. The Hall–Kier alpha value is -2.79. The maximum atomic E-state index is 13.3. The van der Waals surface area contributed by atoms with Gasteiger partial charge in [0, 0.05) is 35.1 Å². The number of halogens is 1. The van der Waals surface area contributed by atoms with Crippen molar-refractivity contribution in [2.45, 2.75) is 51.0 Å². The number of nitrogens with one attached hydrogen (secondary N) is 1. The normalized spacial score (nSPS) is 21.1. The van der Waals surface area contributed by atoms with Crippen LogP contribution in [0.4, 0.5) is 0 Å². The lowest BCUT2D eigenvalue weighted by Gasteiger charge is -2.34. The zero-order chi connectivity index (χ0) is 22.1. The lowest BCUT2D eigenvalue weighted by atomic mass is 9.73. The van der Waals surface area contributed by atoms with Crippen LogP contribution in [0.1, 0.15) is 56.1 Å². The molecule has 4 rings (SSSR count). The van der Waals surface area contributed by atoms with Gasteiger partial charge >= 0.3 is 0 Å². The Morgan fingerprint density at radius 1 is 1.00 bits per heavy atom. The number of amides is 1. The summed E-state index contributed by atoms with van der Waals surface area (Å²) in [4.78, 5) is 25.7. The van der Waals surface area contributed by atoms with E-state index in [-0.39, 0.29) is 36.1 Å². The number of carbonyl (C=O) groups excluding carboxylic acids is 2. The third-order valence-electron chi connectivity index (χ3n) is 5.81. The number of methoxy groups -OCH3 is 1. The molecule has 2 aliphatic rings. The molecule has 2 aromatic carbocycles. The smallest absolute Gasteiger partial charge is 0.225 e. The van der Waals surface area contributed by atoms with Crippen LogP contribution >= 0.6 is 11.6 Å². The number of carbonyl (C=O) groups is 2. The van der Waals surface area contributed by atoms with Gasteiger partial charge in [-0.25, -0.2) is 0 Å². The molecule has 0 saturated carbocycles. The molecule has 0 saturated heterocycles. The highest BCUT2D eigenvalue weighted by Gasteiger charge is 2.38. The Balaban J connectivity index is 1.66. The number of ketones is 1. The van der Waals surface area contributed by atoms with Crippen LogP contribution < -0.4 is 14.8 Å². The molecule has 1 heterocycles. The predicted molar refractivity (Wildman–Crippen MR) is 120 cm³/mol. The van der Waals surface area contributed by atoms with Gasteiger partial charge in [-0.05, 0) is 61.6 Å². The van der Waals surface area contributed by atoms with E-state index in [1.807, 2.05) is 50.2 Å². The van der Waals surface area contributed by atoms with Gasteiger partial charge < -0.3 is 14.8 Å². The number of hydrogen-bond acceptors (Lipinski definition) is 4. The summed E-state index contributed by atoms with van der Waals surface area (Å²) >= 11 is 6.16. The van der Waals surface area contributed by atoms with Crippen molar-refractivity contribution < 1.29 is 19.1 Å². The number of benzene rings is 2. The van der Waals surface area contributed by atoms with Crippen molar-refractivity contribution >= 4 is 23.3 Å². The highest BCUT2D eigenvalue weighted by Crippen LogP contribution is 2.44. The Morgan fingerprint density at radius 3 is 2.52 bits per heavy atom. The van der Waals surface area contributed by atoms with Crippen molar-refractivity contribution in [1.82, 2.24) is 5.32 Å². The Morgan fingerprint density at radius 2 is 1.81 bits per heavy atom. The molecule has 1 N–H and O–H groups in total. The second-order valence-corrected chi connectivity index (χ2v) is 8.79. The molecule has 0 aromatic heterocycles. The highest BCUT2D eigenvalue weighted by atomic mass is 35.5. The third-order valence-corrected chi connectivity index (χ3v) is 6.04. The lowest BCUT2D eigenvalue weighted by Crippen LogP contribution is -2.38. The van der Waals surface area contributed by atoms with E-state index in [2.05, 4.69) is 5.32 Å². The van der Waals surface area contributed by atoms with Crippen LogP contribution in [-0.2, 0) is 9.59 Å². The van der Waals surface area contributed by atoms with Gasteiger partial charge in [-0.2, -0.15) is 0 Å². The van der Waals surface area contributed by atoms with E-state index in [4.69, 9.17) is 21.1 Å². The van der Waals surface area contributed by atoms with Crippen molar-refractivity contribution in [2.24, 2.45) is 0 Å². The van der Waals surface area contributed by atoms with Crippen LogP contribution in [0.3, 0.4) is 0 Å². The SMILES string of the molecule is COc1cc(C2CC(=O)C3=C(C2)NC(=O)CC3c2cccc(Cl)c2)ccc1OC(C)C. The van der Waals surface area contributed by atoms with Crippen molar-refractivity contribution in [3.63, 3.8) is 0 Å². The van der Waals surface area contributed by atoms with E-state index in [0.29, 0.717) is 34.9 Å². The molecule has 2 aromatic rings. The van der Waals surface area contributed by atoms with Gasteiger partial charge in [0.05, 0.1) is 13.2 Å². The predicted octanol–water partition coefficient (Wildman–Crippen LogP) is 5.14. The summed E-state index contributed by atoms with van der Waals surface area (Å²) in [5, 5.41) is 3.56. The fourth-order valence-electron chi connectivity index (χ4n) is 4.49. The first kappa shape index (κ1) is 21.4. The van der Waals surface area contributed by atoms with Gasteiger partial charge in [0.1, 0.15) is 0 Å². The second kappa shape index (κ2) is 8.75. The molecule has 2 unspecified atom stereocenters. The molecule has 31 heavy (non-hydrogen) atoms. The molecule has 162 valence electrons. The molecule has 6 heteroatoms. The first-order valence-corrected chi connectivity index (χ1v) is 10.9. The number of rotatable bonds is 5. The number of allylic oxidation sites excluding steroid dienone is 2. The van der Waals surface area contributed by atoms with Crippen LogP contribution in [0.25, 0.3) is 0 Å². The zero-order valence-corrected chi connectivity index (χ0v) is 18.7. The molecular formula is C25H26ClNO4. The number of ether oxygens (including phenoxy) is 2. The van der Waals surface area contributed by atoms with Crippen LogP contribution in [-0.4, -0.2) is 24.9 Å². The van der Waals surface area contributed by atoms with Crippen molar-refractivity contribution in [3.8, 4) is 11.5 Å². The quantitative estimate of drug-likeness (QED) is 0.700. The number of Topliss-reactive ketones (excluding diaryl/α,β-unsaturated/α-hetero) is 1. The largest absolute Gasteiger partial charge is 0.493 e. The molecule has 1 aliphatic heterocycles. The van der Waals surface area contributed by atoms with E-state index in [0.717, 1.165) is 16.8 Å². The van der Waals surface area contributed by atoms with Crippen LogP contribution in [0, 0.1) is 0 Å². The molecule has 2 atom stereocenters. The van der Waals surface area contributed by atoms with E-state index in [9.17, 15) is 9.59 Å². The molecule has 0 fully saturated rings. The summed E-state index contributed by atoms with van der Waals surface area (Å²) in [6.45, 7) is 3.92. The highest BCUT2D eigenvalue weighted by molar-refractivity contribution is 6.30. The van der Waals surface area contributed by atoms with Gasteiger partial charge in [-0.1, -0.05) is 29.8 Å². The van der Waals surface area contributed by atoms with Gasteiger partial charge in [0.2, 0.25) is 5.91 Å². The summed E-state index contributed by atoms with van der Waals surface area (Å²) in [6, 6.07) is 13.2. The molecule has 1 amide bonds. The fourth-order valence-corrected chi connectivity index (χ4v) is 4.69. The van der Waals surface area contributed by atoms with Crippen LogP contribution in [0.5, 0.6) is 11.5 Å². The first-order valence-electron chi connectivity index (χ1n) is 10.5. The standard InChI is InChI=1S/C25H26ClNO4/c1-14(2)31-22-8-7-15(12-23(22)30-3)17-10-20-25(21(28)11-17)19(13-24(29)27-20)16-5-4-6-18(26)9-16/h4-9,12,14,17,19H,10-11,13H2,1-3H3,(H,27,29). The van der Waals surface area contributed by atoms with E-state index in [1.54, 1.807) is 13.2 Å². The van der Waals surface area contributed by atoms with Gasteiger partial charge in [0.25, 0.3) is 0 Å². The average molecular weight is 440 g/mol. The monoisotopic (exact) mass is 439 g/mol. The minimum Gasteiger partial charge on any atom is -0.493 e. The molecule has 1 aliphatic carbocycles. The summed E-state index contributed by atoms with van der Waals surface area (Å²) in [6.07, 6.45) is 1.27. The molecular weight excluding hydrogens is 414 g/mol. The van der Waals surface area contributed by atoms with Gasteiger partial charge in [-0.3, -0.25) is 9.59 Å².